The van der Waals surface area contributed by atoms with Gasteiger partial charge in [-0.1, -0.05) is 18.2 Å². The smallest absolute Gasteiger partial charge is 0.321 e. The van der Waals surface area contributed by atoms with Gasteiger partial charge in [0.15, 0.2) is 0 Å². The molecule has 6 heteroatoms. The molecule has 3 amide bonds. The van der Waals surface area contributed by atoms with E-state index in [0.717, 1.165) is 10.9 Å². The van der Waals surface area contributed by atoms with E-state index in [-0.39, 0.29) is 23.9 Å². The van der Waals surface area contributed by atoms with Crippen LogP contribution in [0.5, 0.6) is 0 Å². The Morgan fingerprint density at radius 1 is 1.10 bits per heavy atom. The van der Waals surface area contributed by atoms with Crippen molar-refractivity contribution in [2.24, 2.45) is 0 Å². The maximum Gasteiger partial charge on any atom is 0.321 e. The van der Waals surface area contributed by atoms with Crippen LogP contribution < -0.4 is 5.32 Å². The first-order valence-corrected chi connectivity index (χ1v) is 10.1. The Hall–Kier alpha value is -2.63. The van der Waals surface area contributed by atoms with E-state index in [1.807, 2.05) is 88.6 Å². The number of urea groups is 1. The van der Waals surface area contributed by atoms with Crippen molar-refractivity contribution in [2.75, 3.05) is 11.9 Å². The number of carbonyl (C=O) groups is 2. The monoisotopic (exact) mass is 396 g/mol. The van der Waals surface area contributed by atoms with Gasteiger partial charge in [-0.05, 0) is 60.6 Å². The van der Waals surface area contributed by atoms with Crippen LogP contribution >= 0.6 is 0 Å². The highest BCUT2D eigenvalue weighted by Gasteiger charge is 2.54. The van der Waals surface area contributed by atoms with Crippen LogP contribution in [0.2, 0.25) is 0 Å². The lowest BCUT2D eigenvalue weighted by atomic mass is 9.90. The number of anilines is 1. The van der Waals surface area contributed by atoms with Crippen LogP contribution in [0.25, 0.3) is 10.9 Å². The first kappa shape index (κ1) is 21.1. The number of carbonyl (C=O) groups excluding carboxylic acids is 2. The molecular weight excluding hydrogens is 364 g/mol. The Morgan fingerprint density at radius 3 is 2.38 bits per heavy atom. The second-order valence-electron chi connectivity index (χ2n) is 10.1. The zero-order valence-electron chi connectivity index (χ0n) is 18.5. The number of hydrogen-bond donors (Lipinski definition) is 1. The maximum absolute atomic E-state index is 13.2. The Balaban J connectivity index is 1.88. The normalized spacial score (nSPS) is 20.4. The molecule has 156 valence electrons. The molecule has 1 saturated heterocycles. The van der Waals surface area contributed by atoms with E-state index < -0.39 is 11.1 Å². The summed E-state index contributed by atoms with van der Waals surface area (Å²) in [6.45, 7) is 14.6. The highest BCUT2D eigenvalue weighted by Crippen LogP contribution is 2.39. The molecule has 1 unspecified atom stereocenters. The molecule has 6 nitrogen and oxygen atoms in total. The molecule has 3 rings (SSSR count). The van der Waals surface area contributed by atoms with Gasteiger partial charge in [0.05, 0.1) is 23.2 Å². The molecule has 1 atom stereocenters. The molecule has 1 fully saturated rings. The third kappa shape index (κ3) is 4.07. The molecule has 0 radical (unpaired) electrons. The minimum absolute atomic E-state index is 0.0212. The Kier molecular flexibility index (Phi) is 5.10. The molecule has 1 N–H and O–H groups in total. The van der Waals surface area contributed by atoms with E-state index in [1.54, 1.807) is 6.20 Å². The topological polar surface area (TPSA) is 65.5 Å². The molecule has 2 aromatic rings. The van der Waals surface area contributed by atoms with Crippen LogP contribution in [0.1, 0.15) is 54.9 Å². The molecule has 1 aromatic carbocycles. The lowest BCUT2D eigenvalue weighted by Gasteiger charge is -2.42. The fraction of sp³-hybridized carbons (Fsp3) is 0.522. The molecule has 1 aliphatic heterocycles. The molecule has 29 heavy (non-hydrogen) atoms. The molecule has 0 saturated carbocycles. The van der Waals surface area contributed by atoms with Crippen LogP contribution in [-0.4, -0.2) is 49.9 Å². The second-order valence-corrected chi connectivity index (χ2v) is 10.1. The van der Waals surface area contributed by atoms with Crippen molar-refractivity contribution in [3.8, 4) is 0 Å². The van der Waals surface area contributed by atoms with Gasteiger partial charge in [0.2, 0.25) is 5.91 Å². The van der Waals surface area contributed by atoms with Crippen LogP contribution in [0.15, 0.2) is 36.5 Å². The molecular formula is C23H32N4O2. The summed E-state index contributed by atoms with van der Waals surface area (Å²) >= 11 is 0. The van der Waals surface area contributed by atoms with Gasteiger partial charge in [-0.3, -0.25) is 9.78 Å². The van der Waals surface area contributed by atoms with Crippen LogP contribution in [0.3, 0.4) is 0 Å². The van der Waals surface area contributed by atoms with E-state index in [4.69, 9.17) is 0 Å². The van der Waals surface area contributed by atoms with E-state index in [9.17, 15) is 9.59 Å². The van der Waals surface area contributed by atoms with Gasteiger partial charge in [0.1, 0.15) is 0 Å². The van der Waals surface area contributed by atoms with Crippen LogP contribution in [0, 0.1) is 0 Å². The largest absolute Gasteiger partial charge is 0.324 e. The average Bonchev–Trinajstić information content (AvgIpc) is 2.85. The number of amides is 3. The van der Waals surface area contributed by atoms with Gasteiger partial charge >= 0.3 is 6.03 Å². The van der Waals surface area contributed by atoms with Crippen molar-refractivity contribution in [3.05, 3.63) is 36.5 Å². The number of benzene rings is 1. The summed E-state index contributed by atoms with van der Waals surface area (Å²) in [6.07, 6.45) is 1.93. The minimum atomic E-state index is -0.606. The standard InChI is InChI=1S/C23H32N4O2/c1-21(2,3)26-15-23(7,27(20(26)29)22(4,5)6)14-18(28)25-17-12-8-10-16-11-9-13-24-19(16)17/h8-13H,14-15H2,1-7H3,(H,25,28). The van der Waals surface area contributed by atoms with Gasteiger partial charge in [-0.25, -0.2) is 4.79 Å². The summed E-state index contributed by atoms with van der Waals surface area (Å²) in [7, 11) is 0. The van der Waals surface area contributed by atoms with Crippen molar-refractivity contribution in [1.82, 2.24) is 14.8 Å². The van der Waals surface area contributed by atoms with E-state index in [2.05, 4.69) is 10.3 Å². The van der Waals surface area contributed by atoms with E-state index in [1.165, 1.54) is 0 Å². The van der Waals surface area contributed by atoms with Crippen LogP contribution in [-0.2, 0) is 4.79 Å². The maximum atomic E-state index is 13.2. The highest BCUT2D eigenvalue weighted by molar-refractivity contribution is 6.00. The summed E-state index contributed by atoms with van der Waals surface area (Å²) < 4.78 is 0. The van der Waals surface area contributed by atoms with Crippen molar-refractivity contribution in [3.63, 3.8) is 0 Å². The average molecular weight is 397 g/mol. The number of aromatic nitrogens is 1. The SMILES string of the molecule is CC(C)(C)N1CC(C)(CC(=O)Nc2cccc3cccnc23)N(C(C)(C)C)C1=O. The molecule has 2 heterocycles. The third-order valence-electron chi connectivity index (χ3n) is 5.39. The Bertz CT molecular complexity index is 937. The number of nitrogens with one attached hydrogen (secondary N) is 1. The van der Waals surface area contributed by atoms with Gasteiger partial charge in [0, 0.05) is 29.2 Å². The van der Waals surface area contributed by atoms with Gasteiger partial charge < -0.3 is 15.1 Å². The summed E-state index contributed by atoms with van der Waals surface area (Å²) in [5, 5.41) is 3.99. The zero-order valence-corrected chi connectivity index (χ0v) is 18.5. The molecule has 1 aliphatic rings. The number of hydrogen-bond acceptors (Lipinski definition) is 3. The summed E-state index contributed by atoms with van der Waals surface area (Å²) in [6, 6.07) is 9.56. The molecule has 0 spiro atoms. The predicted octanol–water partition coefficient (Wildman–Crippen LogP) is 4.66. The lowest BCUT2D eigenvalue weighted by molar-refractivity contribution is -0.118. The molecule has 0 aliphatic carbocycles. The number of para-hydroxylation sites is 1. The number of pyridine rings is 1. The summed E-state index contributed by atoms with van der Waals surface area (Å²) in [4.78, 5) is 34.4. The van der Waals surface area contributed by atoms with E-state index in [0.29, 0.717) is 12.2 Å². The van der Waals surface area contributed by atoms with Gasteiger partial charge in [-0.15, -0.1) is 0 Å². The highest BCUT2D eigenvalue weighted by atomic mass is 16.2. The van der Waals surface area contributed by atoms with Crippen molar-refractivity contribution in [2.45, 2.75) is 71.5 Å². The minimum Gasteiger partial charge on any atom is -0.324 e. The van der Waals surface area contributed by atoms with Gasteiger partial charge in [0.25, 0.3) is 0 Å². The lowest BCUT2D eigenvalue weighted by Crippen LogP contribution is -2.55. The first-order valence-electron chi connectivity index (χ1n) is 10.1. The fourth-order valence-electron chi connectivity index (χ4n) is 4.33. The van der Waals surface area contributed by atoms with Crippen LogP contribution in [0.4, 0.5) is 10.5 Å². The number of nitrogens with zero attached hydrogens (tertiary/aromatic N) is 3. The summed E-state index contributed by atoms with van der Waals surface area (Å²) in [5.74, 6) is -0.122. The zero-order chi connectivity index (χ0) is 21.6. The van der Waals surface area contributed by atoms with Gasteiger partial charge in [-0.2, -0.15) is 0 Å². The Labute approximate surface area is 173 Å². The second kappa shape index (κ2) is 7.01. The quantitative estimate of drug-likeness (QED) is 0.821. The first-order chi connectivity index (χ1) is 13.3. The fourth-order valence-corrected chi connectivity index (χ4v) is 4.33. The number of fused-ring (bicyclic) bond motifs is 1. The summed E-state index contributed by atoms with van der Waals surface area (Å²) in [5.41, 5.74) is 0.141. The van der Waals surface area contributed by atoms with Crippen molar-refractivity contribution < 1.29 is 9.59 Å². The van der Waals surface area contributed by atoms with Crippen molar-refractivity contribution in [1.29, 1.82) is 0 Å². The Morgan fingerprint density at radius 2 is 1.76 bits per heavy atom. The molecule has 1 aromatic heterocycles. The molecule has 0 bridgehead atoms. The van der Waals surface area contributed by atoms with Crippen molar-refractivity contribution >= 4 is 28.5 Å². The number of rotatable bonds is 3. The third-order valence-corrected chi connectivity index (χ3v) is 5.39. The van der Waals surface area contributed by atoms with E-state index >= 15 is 0 Å². The predicted molar refractivity (Wildman–Crippen MR) is 117 cm³/mol.